The molecule has 0 radical (unpaired) electrons. The van der Waals surface area contributed by atoms with Crippen molar-refractivity contribution in [2.45, 2.75) is 39.5 Å². The fourth-order valence-electron chi connectivity index (χ4n) is 1.57. The molecule has 1 aromatic rings. The van der Waals surface area contributed by atoms with E-state index in [1.54, 1.807) is 18.2 Å². The molecule has 0 aromatic heterocycles. The number of hydrogen-bond donors (Lipinski definition) is 3. The normalized spacial score (nSPS) is 10.2. The monoisotopic (exact) mass is 401 g/mol. The first-order valence-electron chi connectivity index (χ1n) is 8.32. The van der Waals surface area contributed by atoms with Crippen LogP contribution in [-0.4, -0.2) is 31.2 Å². The molecule has 0 atom stereocenters. The SMILES string of the molecule is CCCCN=C=O.CCCCNC(=O)NC(N)=Nc1c(Cl)cccc1Cl. The van der Waals surface area contributed by atoms with E-state index < -0.39 is 6.03 Å². The van der Waals surface area contributed by atoms with Gasteiger partial charge >= 0.3 is 6.03 Å². The van der Waals surface area contributed by atoms with Crippen molar-refractivity contribution in [3.05, 3.63) is 28.2 Å². The zero-order valence-electron chi connectivity index (χ0n) is 15.0. The summed E-state index contributed by atoms with van der Waals surface area (Å²) in [6.07, 6.45) is 5.46. The standard InChI is InChI=1S/C12H16Cl2N4O.C5H9NO/c1-2-3-7-16-12(19)18-11(15)17-10-8(13)5-4-6-9(10)14;1-2-3-4-6-5-7/h4-6H,2-3,7H2,1H3,(H4,15,16,17,18,19);2-4H2,1H3. The van der Waals surface area contributed by atoms with Gasteiger partial charge in [-0.25, -0.2) is 19.6 Å². The van der Waals surface area contributed by atoms with Gasteiger partial charge in [0.05, 0.1) is 16.6 Å². The zero-order chi connectivity index (χ0) is 19.8. The average Bonchev–Trinajstić information content (AvgIpc) is 2.59. The van der Waals surface area contributed by atoms with Crippen molar-refractivity contribution in [3.63, 3.8) is 0 Å². The van der Waals surface area contributed by atoms with Crippen LogP contribution in [0.25, 0.3) is 0 Å². The maximum Gasteiger partial charge on any atom is 0.321 e. The minimum absolute atomic E-state index is 0.0657. The van der Waals surface area contributed by atoms with Crippen LogP contribution < -0.4 is 16.4 Å². The molecule has 144 valence electrons. The van der Waals surface area contributed by atoms with E-state index in [1.165, 1.54) is 6.08 Å². The highest BCUT2D eigenvalue weighted by atomic mass is 35.5. The van der Waals surface area contributed by atoms with Crippen LogP contribution in [-0.2, 0) is 4.79 Å². The first kappa shape index (κ1) is 23.9. The molecule has 7 nitrogen and oxygen atoms in total. The number of urea groups is 1. The molecule has 0 saturated heterocycles. The summed E-state index contributed by atoms with van der Waals surface area (Å²) in [7, 11) is 0. The molecule has 0 aliphatic heterocycles. The molecule has 0 heterocycles. The van der Waals surface area contributed by atoms with Gasteiger partial charge in [0.25, 0.3) is 0 Å². The van der Waals surface area contributed by atoms with Crippen molar-refractivity contribution in [1.82, 2.24) is 10.6 Å². The molecule has 0 saturated carbocycles. The maximum atomic E-state index is 11.4. The third kappa shape index (κ3) is 11.5. The number of unbranched alkanes of at least 4 members (excludes halogenated alkanes) is 2. The Morgan fingerprint density at radius 1 is 1.19 bits per heavy atom. The highest BCUT2D eigenvalue weighted by Crippen LogP contribution is 2.32. The van der Waals surface area contributed by atoms with Crippen LogP contribution in [0, 0.1) is 0 Å². The molecule has 9 heteroatoms. The smallest absolute Gasteiger partial charge is 0.321 e. The Labute approximate surface area is 164 Å². The van der Waals surface area contributed by atoms with E-state index in [-0.39, 0.29) is 5.96 Å². The fraction of sp³-hybridized carbons (Fsp3) is 0.471. The van der Waals surface area contributed by atoms with Crippen LogP contribution in [0.4, 0.5) is 10.5 Å². The number of carbonyl (C=O) groups excluding carboxylic acids is 2. The lowest BCUT2D eigenvalue weighted by atomic mass is 10.3. The largest absolute Gasteiger partial charge is 0.369 e. The van der Waals surface area contributed by atoms with Crippen molar-refractivity contribution >= 4 is 47.0 Å². The molecule has 0 fully saturated rings. The number of nitrogens with two attached hydrogens (primary N) is 1. The number of amides is 2. The molecule has 2 amide bonds. The number of hydrogen-bond acceptors (Lipinski definition) is 4. The van der Waals surface area contributed by atoms with E-state index in [4.69, 9.17) is 28.9 Å². The van der Waals surface area contributed by atoms with Gasteiger partial charge in [0.15, 0.2) is 0 Å². The zero-order valence-corrected chi connectivity index (χ0v) is 16.5. The highest BCUT2D eigenvalue weighted by Gasteiger charge is 2.06. The van der Waals surface area contributed by atoms with E-state index in [2.05, 4.69) is 27.5 Å². The number of nitrogens with one attached hydrogen (secondary N) is 2. The predicted molar refractivity (Wildman–Crippen MR) is 107 cm³/mol. The van der Waals surface area contributed by atoms with Crippen LogP contribution in [0.3, 0.4) is 0 Å². The minimum Gasteiger partial charge on any atom is -0.369 e. The summed E-state index contributed by atoms with van der Waals surface area (Å²) in [5.74, 6) is -0.0657. The van der Waals surface area contributed by atoms with Crippen LogP contribution >= 0.6 is 23.2 Å². The van der Waals surface area contributed by atoms with Crippen LogP contribution in [0.5, 0.6) is 0 Å². The molecule has 0 aliphatic carbocycles. The second-order valence-electron chi connectivity index (χ2n) is 5.13. The van der Waals surface area contributed by atoms with Crippen molar-refractivity contribution in [2.75, 3.05) is 13.1 Å². The Morgan fingerprint density at radius 2 is 1.81 bits per heavy atom. The maximum absolute atomic E-state index is 11.4. The van der Waals surface area contributed by atoms with Crippen molar-refractivity contribution in [1.29, 1.82) is 0 Å². The Balaban J connectivity index is 0.000000758. The summed E-state index contributed by atoms with van der Waals surface area (Å²) < 4.78 is 0. The second kappa shape index (κ2) is 15.2. The first-order valence-corrected chi connectivity index (χ1v) is 9.08. The number of rotatable bonds is 7. The molecule has 0 unspecified atom stereocenters. The van der Waals surface area contributed by atoms with E-state index in [0.717, 1.165) is 25.7 Å². The second-order valence-corrected chi connectivity index (χ2v) is 5.94. The summed E-state index contributed by atoms with van der Waals surface area (Å²) in [5, 5.41) is 5.78. The molecule has 0 spiro atoms. The van der Waals surface area contributed by atoms with E-state index in [1.807, 2.05) is 6.92 Å². The van der Waals surface area contributed by atoms with Gasteiger partial charge in [0, 0.05) is 6.54 Å². The number of carbonyl (C=O) groups is 1. The topological polar surface area (TPSA) is 109 Å². The van der Waals surface area contributed by atoms with Crippen molar-refractivity contribution in [2.24, 2.45) is 15.7 Å². The van der Waals surface area contributed by atoms with E-state index in [9.17, 15) is 9.59 Å². The van der Waals surface area contributed by atoms with Crippen LogP contribution in [0.15, 0.2) is 28.2 Å². The molecule has 4 N–H and O–H groups in total. The van der Waals surface area contributed by atoms with Gasteiger partial charge in [-0.2, -0.15) is 0 Å². The quantitative estimate of drug-likeness (QED) is 0.276. The highest BCUT2D eigenvalue weighted by molar-refractivity contribution is 6.38. The molecular formula is C17H25Cl2N5O2. The van der Waals surface area contributed by atoms with Gasteiger partial charge in [0.2, 0.25) is 12.0 Å². The Bertz CT molecular complexity index is 611. The summed E-state index contributed by atoms with van der Waals surface area (Å²) >= 11 is 11.9. The number of isocyanates is 1. The Morgan fingerprint density at radius 3 is 2.35 bits per heavy atom. The third-order valence-electron chi connectivity index (χ3n) is 2.92. The average molecular weight is 402 g/mol. The third-order valence-corrected chi connectivity index (χ3v) is 3.53. The van der Waals surface area contributed by atoms with E-state index >= 15 is 0 Å². The lowest BCUT2D eigenvalue weighted by Crippen LogP contribution is -2.43. The molecular weight excluding hydrogens is 377 g/mol. The van der Waals surface area contributed by atoms with Gasteiger partial charge in [-0.15, -0.1) is 0 Å². The van der Waals surface area contributed by atoms with Crippen LogP contribution in [0.2, 0.25) is 10.0 Å². The molecule has 1 rings (SSSR count). The minimum atomic E-state index is -0.405. The number of nitrogens with zero attached hydrogens (tertiary/aromatic N) is 2. The lowest BCUT2D eigenvalue weighted by Gasteiger charge is -2.07. The molecule has 0 aliphatic rings. The molecule has 1 aromatic carbocycles. The van der Waals surface area contributed by atoms with Crippen molar-refractivity contribution < 1.29 is 9.59 Å². The summed E-state index contributed by atoms with van der Waals surface area (Å²) in [4.78, 5) is 28.2. The number of para-hydroxylation sites is 1. The number of aliphatic imine (C=N–C) groups is 2. The number of guanidine groups is 1. The molecule has 26 heavy (non-hydrogen) atoms. The number of benzene rings is 1. The summed E-state index contributed by atoms with van der Waals surface area (Å²) in [6.45, 7) is 5.32. The van der Waals surface area contributed by atoms with Crippen molar-refractivity contribution in [3.8, 4) is 0 Å². The van der Waals surface area contributed by atoms with Gasteiger partial charge < -0.3 is 11.1 Å². The van der Waals surface area contributed by atoms with Gasteiger partial charge in [-0.05, 0) is 25.0 Å². The predicted octanol–water partition coefficient (Wildman–Crippen LogP) is 4.16. The van der Waals surface area contributed by atoms with Gasteiger partial charge in [0.1, 0.15) is 5.69 Å². The van der Waals surface area contributed by atoms with Gasteiger partial charge in [-0.3, -0.25) is 5.32 Å². The number of halogens is 2. The Kier molecular flexibility index (Phi) is 14.0. The summed E-state index contributed by atoms with van der Waals surface area (Å²) in [6, 6.07) is 4.57. The van der Waals surface area contributed by atoms with Gasteiger partial charge in [-0.1, -0.05) is 56.0 Å². The van der Waals surface area contributed by atoms with E-state index in [0.29, 0.717) is 28.8 Å². The first-order chi connectivity index (χ1) is 12.5. The lowest BCUT2D eigenvalue weighted by molar-refractivity contribution is 0.245. The summed E-state index contributed by atoms with van der Waals surface area (Å²) in [5.41, 5.74) is 5.94. The Hall–Kier alpha value is -2.08. The van der Waals surface area contributed by atoms with Crippen LogP contribution in [0.1, 0.15) is 39.5 Å². The fourth-order valence-corrected chi connectivity index (χ4v) is 2.05. The molecule has 0 bridgehead atoms.